The fraction of sp³-hybridized carbons (Fsp3) is 0.211. The Morgan fingerprint density at radius 3 is 2.69 bits per heavy atom. The van der Waals surface area contributed by atoms with Crippen LogP contribution in [0, 0.1) is 0 Å². The summed E-state index contributed by atoms with van der Waals surface area (Å²) in [6.07, 6.45) is 3.31. The van der Waals surface area contributed by atoms with E-state index in [1.807, 2.05) is 6.07 Å². The Morgan fingerprint density at radius 2 is 1.96 bits per heavy atom. The van der Waals surface area contributed by atoms with Crippen LogP contribution in [-0.4, -0.2) is 27.4 Å². The van der Waals surface area contributed by atoms with Gasteiger partial charge in [-0.1, -0.05) is 11.6 Å². The first-order valence-corrected chi connectivity index (χ1v) is 8.38. The lowest BCUT2D eigenvalue weighted by molar-refractivity contribution is 0.00695. The minimum atomic E-state index is -0.628. The molecule has 7 heteroatoms. The molecule has 2 N–H and O–H groups in total. The highest BCUT2D eigenvalue weighted by atomic mass is 35.5. The molecule has 0 aliphatic rings. The van der Waals surface area contributed by atoms with Crippen molar-refractivity contribution in [3.05, 3.63) is 58.9 Å². The lowest BCUT2D eigenvalue weighted by Crippen LogP contribution is -2.24. The molecule has 1 aromatic carbocycles. The number of H-pyrrole nitrogens is 1. The van der Waals surface area contributed by atoms with Gasteiger partial charge < -0.3 is 15.0 Å². The number of aromatic amines is 1. The number of anilines is 1. The zero-order chi connectivity index (χ0) is 18.9. The number of esters is 1. The lowest BCUT2D eigenvalue weighted by atomic mass is 10.1. The number of pyridine rings is 1. The Hall–Kier alpha value is -2.86. The van der Waals surface area contributed by atoms with Crippen LogP contribution in [0.25, 0.3) is 11.0 Å². The summed E-state index contributed by atoms with van der Waals surface area (Å²) in [7, 11) is 0. The van der Waals surface area contributed by atoms with Gasteiger partial charge >= 0.3 is 5.97 Å². The summed E-state index contributed by atoms with van der Waals surface area (Å²) >= 11 is 6.14. The predicted molar refractivity (Wildman–Crippen MR) is 101 cm³/mol. The first-order valence-electron chi connectivity index (χ1n) is 8.00. The molecule has 0 unspecified atom stereocenters. The van der Waals surface area contributed by atoms with E-state index < -0.39 is 17.5 Å². The largest absolute Gasteiger partial charge is 0.456 e. The quantitative estimate of drug-likeness (QED) is 0.667. The van der Waals surface area contributed by atoms with Crippen LogP contribution in [0.2, 0.25) is 5.02 Å². The molecule has 2 heterocycles. The van der Waals surface area contributed by atoms with Crippen molar-refractivity contribution in [3.8, 4) is 0 Å². The number of hydrogen-bond acceptors (Lipinski definition) is 4. The molecule has 2 aromatic heterocycles. The summed E-state index contributed by atoms with van der Waals surface area (Å²) in [5.41, 5.74) is 1.07. The van der Waals surface area contributed by atoms with Gasteiger partial charge in [0.25, 0.3) is 5.91 Å². The van der Waals surface area contributed by atoms with Crippen LogP contribution in [0.4, 0.5) is 5.69 Å². The van der Waals surface area contributed by atoms with Crippen LogP contribution in [0.15, 0.2) is 42.7 Å². The third-order valence-electron chi connectivity index (χ3n) is 3.50. The predicted octanol–water partition coefficient (Wildman–Crippen LogP) is 4.42. The molecule has 134 valence electrons. The number of ether oxygens (including phenoxy) is 1. The van der Waals surface area contributed by atoms with Crippen molar-refractivity contribution in [2.24, 2.45) is 0 Å². The monoisotopic (exact) mass is 371 g/mol. The van der Waals surface area contributed by atoms with Gasteiger partial charge in [-0.05, 0) is 51.1 Å². The zero-order valence-electron chi connectivity index (χ0n) is 14.6. The number of amides is 1. The average Bonchev–Trinajstić information content (AvgIpc) is 3.01. The third-order valence-corrected chi connectivity index (χ3v) is 3.83. The summed E-state index contributed by atoms with van der Waals surface area (Å²) in [5.74, 6) is -0.948. The highest BCUT2D eigenvalue weighted by Gasteiger charge is 2.20. The Labute approximate surface area is 155 Å². The number of aromatic nitrogens is 2. The van der Waals surface area contributed by atoms with Gasteiger partial charge in [-0.2, -0.15) is 0 Å². The molecule has 0 saturated carbocycles. The Balaban J connectivity index is 1.84. The standard InChI is InChI=1S/C19H18ClN3O3/c1-19(2,3)26-18(25)12-4-5-15(20)14(9-12)17(24)23-13-8-11-6-7-21-16(11)22-10-13/h4-10H,1-3H3,(H,21,22)(H,23,24). The average molecular weight is 372 g/mol. The SMILES string of the molecule is CC(C)(C)OC(=O)c1ccc(Cl)c(C(=O)Nc2cnc3[nH]ccc3c2)c1. The molecule has 0 bridgehead atoms. The number of benzene rings is 1. The van der Waals surface area contributed by atoms with Crippen molar-refractivity contribution in [2.45, 2.75) is 26.4 Å². The second kappa shape index (κ2) is 6.80. The normalized spacial score (nSPS) is 11.4. The molecule has 0 spiro atoms. The molecule has 0 atom stereocenters. The van der Waals surface area contributed by atoms with E-state index in [4.69, 9.17) is 16.3 Å². The van der Waals surface area contributed by atoms with E-state index >= 15 is 0 Å². The molecule has 0 saturated heterocycles. The second-order valence-corrected chi connectivity index (χ2v) is 7.20. The smallest absolute Gasteiger partial charge is 0.338 e. The van der Waals surface area contributed by atoms with Gasteiger partial charge in [-0.15, -0.1) is 0 Å². The molecular formula is C19H18ClN3O3. The van der Waals surface area contributed by atoms with Crippen LogP contribution in [0.5, 0.6) is 0 Å². The van der Waals surface area contributed by atoms with Crippen molar-refractivity contribution in [1.82, 2.24) is 9.97 Å². The van der Waals surface area contributed by atoms with Crippen LogP contribution in [0.3, 0.4) is 0 Å². The minimum Gasteiger partial charge on any atom is -0.456 e. The summed E-state index contributed by atoms with van der Waals surface area (Å²) in [6, 6.07) is 8.11. The van der Waals surface area contributed by atoms with Gasteiger partial charge in [0.15, 0.2) is 0 Å². The van der Waals surface area contributed by atoms with Gasteiger partial charge in [-0.25, -0.2) is 9.78 Å². The van der Waals surface area contributed by atoms with E-state index in [1.165, 1.54) is 18.2 Å². The van der Waals surface area contributed by atoms with Crippen molar-refractivity contribution >= 4 is 40.2 Å². The highest BCUT2D eigenvalue weighted by Crippen LogP contribution is 2.22. The van der Waals surface area contributed by atoms with Crippen LogP contribution >= 0.6 is 11.6 Å². The van der Waals surface area contributed by atoms with E-state index in [0.717, 1.165) is 11.0 Å². The molecule has 0 aliphatic carbocycles. The first kappa shape index (κ1) is 17.9. The maximum Gasteiger partial charge on any atom is 0.338 e. The van der Waals surface area contributed by atoms with Crippen LogP contribution in [-0.2, 0) is 4.74 Å². The Bertz CT molecular complexity index is 989. The molecule has 0 aliphatic heterocycles. The summed E-state index contributed by atoms with van der Waals surface area (Å²) in [6.45, 7) is 5.33. The van der Waals surface area contributed by atoms with Gasteiger partial charge in [-0.3, -0.25) is 4.79 Å². The van der Waals surface area contributed by atoms with Gasteiger partial charge in [0, 0.05) is 11.6 Å². The third kappa shape index (κ3) is 4.03. The summed E-state index contributed by atoms with van der Waals surface area (Å²) < 4.78 is 5.33. The zero-order valence-corrected chi connectivity index (χ0v) is 15.3. The Morgan fingerprint density at radius 1 is 1.19 bits per heavy atom. The van der Waals surface area contributed by atoms with Gasteiger partial charge in [0.2, 0.25) is 0 Å². The Kier molecular flexibility index (Phi) is 4.70. The van der Waals surface area contributed by atoms with Crippen molar-refractivity contribution < 1.29 is 14.3 Å². The number of halogens is 1. The van der Waals surface area contributed by atoms with Gasteiger partial charge in [0.1, 0.15) is 11.2 Å². The minimum absolute atomic E-state index is 0.184. The maximum atomic E-state index is 12.6. The molecule has 3 aromatic rings. The van der Waals surface area contributed by atoms with Gasteiger partial charge in [0.05, 0.1) is 28.0 Å². The van der Waals surface area contributed by atoms with Crippen molar-refractivity contribution in [2.75, 3.05) is 5.32 Å². The second-order valence-electron chi connectivity index (χ2n) is 6.79. The van der Waals surface area contributed by atoms with E-state index in [2.05, 4.69) is 15.3 Å². The van der Waals surface area contributed by atoms with E-state index in [1.54, 1.807) is 39.2 Å². The number of nitrogens with zero attached hydrogens (tertiary/aromatic N) is 1. The van der Waals surface area contributed by atoms with Crippen LogP contribution in [0.1, 0.15) is 41.5 Å². The number of carbonyl (C=O) groups is 2. The molecule has 26 heavy (non-hydrogen) atoms. The summed E-state index contributed by atoms with van der Waals surface area (Å²) in [5, 5.41) is 3.86. The maximum absolute atomic E-state index is 12.6. The summed E-state index contributed by atoms with van der Waals surface area (Å²) in [4.78, 5) is 32.0. The van der Waals surface area contributed by atoms with Crippen molar-refractivity contribution in [1.29, 1.82) is 0 Å². The topological polar surface area (TPSA) is 84.1 Å². The lowest BCUT2D eigenvalue weighted by Gasteiger charge is -2.19. The van der Waals surface area contributed by atoms with Crippen LogP contribution < -0.4 is 5.32 Å². The molecule has 6 nitrogen and oxygen atoms in total. The molecule has 0 fully saturated rings. The van der Waals surface area contributed by atoms with E-state index in [0.29, 0.717) is 5.69 Å². The first-order chi connectivity index (χ1) is 12.2. The number of fused-ring (bicyclic) bond motifs is 1. The highest BCUT2D eigenvalue weighted by molar-refractivity contribution is 6.34. The van der Waals surface area contributed by atoms with E-state index in [-0.39, 0.29) is 16.1 Å². The number of hydrogen-bond donors (Lipinski definition) is 2. The molecule has 3 rings (SSSR count). The molecule has 1 amide bonds. The fourth-order valence-electron chi connectivity index (χ4n) is 2.37. The number of carbonyl (C=O) groups excluding carboxylic acids is 2. The molecule has 0 radical (unpaired) electrons. The number of nitrogens with one attached hydrogen (secondary N) is 2. The molecular weight excluding hydrogens is 354 g/mol. The van der Waals surface area contributed by atoms with E-state index in [9.17, 15) is 9.59 Å². The number of rotatable bonds is 3. The van der Waals surface area contributed by atoms with Crippen molar-refractivity contribution in [3.63, 3.8) is 0 Å². The fourth-order valence-corrected chi connectivity index (χ4v) is 2.57.